The minimum Gasteiger partial charge on any atom is -0.388 e. The van der Waals surface area contributed by atoms with E-state index in [9.17, 15) is 14.7 Å². The number of piperidine rings is 1. The van der Waals surface area contributed by atoms with Gasteiger partial charge in [0.25, 0.3) is 0 Å². The van der Waals surface area contributed by atoms with E-state index >= 15 is 0 Å². The second-order valence-electron chi connectivity index (χ2n) is 8.27. The van der Waals surface area contributed by atoms with E-state index in [0.717, 1.165) is 24.1 Å². The van der Waals surface area contributed by atoms with Crippen LogP contribution in [-0.2, 0) is 4.79 Å². The molecule has 3 amide bonds. The van der Waals surface area contributed by atoms with Crippen molar-refractivity contribution >= 4 is 23.3 Å². The van der Waals surface area contributed by atoms with Crippen molar-refractivity contribution in [2.24, 2.45) is 5.92 Å². The van der Waals surface area contributed by atoms with Gasteiger partial charge in [-0.2, -0.15) is 0 Å². The molecule has 1 heterocycles. The van der Waals surface area contributed by atoms with Crippen LogP contribution in [0.25, 0.3) is 0 Å². The molecule has 1 saturated heterocycles. The van der Waals surface area contributed by atoms with Crippen LogP contribution in [0, 0.1) is 5.92 Å². The predicted octanol–water partition coefficient (Wildman–Crippen LogP) is 3.24. The molecular weight excluding hydrogens is 392 g/mol. The van der Waals surface area contributed by atoms with Gasteiger partial charge >= 0.3 is 6.03 Å². The number of amides is 3. The van der Waals surface area contributed by atoms with Gasteiger partial charge in [-0.1, -0.05) is 36.4 Å². The highest BCUT2D eigenvalue weighted by atomic mass is 16.3. The summed E-state index contributed by atoms with van der Waals surface area (Å²) in [6, 6.07) is 16.5. The molecular formula is C24H32N4O3. The summed E-state index contributed by atoms with van der Waals surface area (Å²) in [6.45, 7) is 1.66. The summed E-state index contributed by atoms with van der Waals surface area (Å²) in [5.74, 6) is -0.0465. The third-order valence-corrected chi connectivity index (χ3v) is 5.45. The fourth-order valence-corrected chi connectivity index (χ4v) is 3.90. The van der Waals surface area contributed by atoms with E-state index in [4.69, 9.17) is 0 Å². The lowest BCUT2D eigenvalue weighted by atomic mass is 9.95. The third kappa shape index (κ3) is 6.54. The third-order valence-electron chi connectivity index (χ3n) is 5.45. The van der Waals surface area contributed by atoms with Gasteiger partial charge in [0.1, 0.15) is 0 Å². The maximum Gasteiger partial charge on any atom is 0.319 e. The molecule has 2 atom stereocenters. The number of hydrogen-bond donors (Lipinski definition) is 3. The summed E-state index contributed by atoms with van der Waals surface area (Å²) in [6.07, 6.45) is 1.80. The normalized spacial score (nSPS) is 16.1. The number of hydrogen-bond acceptors (Lipinski definition) is 4. The first kappa shape index (κ1) is 22.8. The van der Waals surface area contributed by atoms with E-state index in [1.807, 2.05) is 67.5 Å². The Bertz CT molecular complexity index is 872. The van der Waals surface area contributed by atoms with Crippen LogP contribution in [0.4, 0.5) is 16.2 Å². The Morgan fingerprint density at radius 3 is 2.61 bits per heavy atom. The smallest absolute Gasteiger partial charge is 0.319 e. The lowest BCUT2D eigenvalue weighted by Gasteiger charge is -2.27. The molecule has 1 aliphatic heterocycles. The number of carbonyl (C=O) groups excluding carboxylic acids is 2. The topological polar surface area (TPSA) is 84.9 Å². The highest BCUT2D eigenvalue weighted by Crippen LogP contribution is 2.24. The molecule has 3 rings (SSSR count). The van der Waals surface area contributed by atoms with Crippen molar-refractivity contribution in [3.05, 3.63) is 60.2 Å². The van der Waals surface area contributed by atoms with Crippen LogP contribution >= 0.6 is 0 Å². The molecule has 0 radical (unpaired) electrons. The molecule has 7 nitrogen and oxygen atoms in total. The van der Waals surface area contributed by atoms with Gasteiger partial charge in [-0.15, -0.1) is 0 Å². The minimum atomic E-state index is -0.683. The Morgan fingerprint density at radius 2 is 1.90 bits per heavy atom. The molecule has 0 aromatic heterocycles. The number of anilines is 2. The van der Waals surface area contributed by atoms with Crippen molar-refractivity contribution < 1.29 is 14.7 Å². The number of nitrogens with zero attached hydrogens (tertiary/aromatic N) is 2. The maximum absolute atomic E-state index is 12.5. The number of nitrogens with one attached hydrogen (secondary N) is 2. The second kappa shape index (κ2) is 10.9. The van der Waals surface area contributed by atoms with Crippen LogP contribution in [0.2, 0.25) is 0 Å². The van der Waals surface area contributed by atoms with Crippen LogP contribution in [-0.4, -0.2) is 55.7 Å². The summed E-state index contributed by atoms with van der Waals surface area (Å²) < 4.78 is 0. The molecule has 0 unspecified atom stereocenters. The predicted molar refractivity (Wildman–Crippen MR) is 123 cm³/mol. The highest BCUT2D eigenvalue weighted by molar-refractivity contribution is 5.95. The zero-order valence-corrected chi connectivity index (χ0v) is 18.3. The van der Waals surface area contributed by atoms with Crippen LogP contribution in [0.3, 0.4) is 0 Å². The molecule has 7 heteroatoms. The summed E-state index contributed by atoms with van der Waals surface area (Å²) in [5.41, 5.74) is 2.25. The summed E-state index contributed by atoms with van der Waals surface area (Å²) >= 11 is 0. The lowest BCUT2D eigenvalue weighted by molar-refractivity contribution is -0.119. The fourth-order valence-electron chi connectivity index (χ4n) is 3.90. The van der Waals surface area contributed by atoms with Crippen LogP contribution in [0.1, 0.15) is 30.9 Å². The van der Waals surface area contributed by atoms with Gasteiger partial charge in [0.05, 0.1) is 6.10 Å². The molecule has 0 spiro atoms. The first-order valence-corrected chi connectivity index (χ1v) is 10.8. The molecule has 31 heavy (non-hydrogen) atoms. The molecule has 0 saturated carbocycles. The molecule has 166 valence electrons. The Hall–Kier alpha value is -2.90. The van der Waals surface area contributed by atoms with E-state index < -0.39 is 6.10 Å². The summed E-state index contributed by atoms with van der Waals surface area (Å²) in [7, 11) is 3.89. The quantitative estimate of drug-likeness (QED) is 0.607. The van der Waals surface area contributed by atoms with Crippen LogP contribution in [0.15, 0.2) is 54.6 Å². The van der Waals surface area contributed by atoms with Crippen molar-refractivity contribution in [2.45, 2.75) is 25.4 Å². The van der Waals surface area contributed by atoms with E-state index in [1.165, 1.54) is 0 Å². The van der Waals surface area contributed by atoms with Crippen molar-refractivity contribution in [1.82, 2.24) is 10.2 Å². The van der Waals surface area contributed by atoms with Crippen LogP contribution in [0.5, 0.6) is 0 Å². The first-order valence-electron chi connectivity index (χ1n) is 10.8. The lowest BCUT2D eigenvalue weighted by Crippen LogP contribution is -2.39. The Balaban J connectivity index is 1.60. The molecule has 2 aromatic carbocycles. The van der Waals surface area contributed by atoms with Crippen molar-refractivity contribution in [1.29, 1.82) is 0 Å². The van der Waals surface area contributed by atoms with Gasteiger partial charge in [-0.05, 0) is 50.7 Å². The van der Waals surface area contributed by atoms with E-state index in [-0.39, 0.29) is 17.9 Å². The molecule has 1 aliphatic rings. The Labute approximate surface area is 184 Å². The summed E-state index contributed by atoms with van der Waals surface area (Å²) in [5, 5.41) is 16.5. The number of aliphatic hydroxyl groups excluding tert-OH is 1. The second-order valence-corrected chi connectivity index (χ2v) is 8.27. The Kier molecular flexibility index (Phi) is 8.03. The first-order chi connectivity index (χ1) is 14.9. The maximum atomic E-state index is 12.5. The number of rotatable bonds is 8. The summed E-state index contributed by atoms with van der Waals surface area (Å²) in [4.78, 5) is 28.5. The number of aliphatic hydroxyl groups is 1. The van der Waals surface area contributed by atoms with Gasteiger partial charge in [0.15, 0.2) is 0 Å². The zero-order chi connectivity index (χ0) is 22.2. The molecule has 0 bridgehead atoms. The average Bonchev–Trinajstić information content (AvgIpc) is 2.77. The van der Waals surface area contributed by atoms with Crippen molar-refractivity contribution in [2.75, 3.05) is 43.9 Å². The molecule has 1 fully saturated rings. The van der Waals surface area contributed by atoms with Crippen molar-refractivity contribution in [3.63, 3.8) is 0 Å². The largest absolute Gasteiger partial charge is 0.388 e. The number of benzene rings is 2. The van der Waals surface area contributed by atoms with Crippen molar-refractivity contribution in [3.8, 4) is 0 Å². The minimum absolute atomic E-state index is 0.120. The molecule has 3 N–H and O–H groups in total. The monoisotopic (exact) mass is 424 g/mol. The fraction of sp³-hybridized carbons (Fsp3) is 0.417. The molecule has 0 aliphatic carbocycles. The zero-order valence-electron chi connectivity index (χ0n) is 18.3. The van der Waals surface area contributed by atoms with Gasteiger partial charge in [0.2, 0.25) is 5.91 Å². The van der Waals surface area contributed by atoms with E-state index in [0.29, 0.717) is 31.7 Å². The average molecular weight is 425 g/mol. The van der Waals surface area contributed by atoms with Gasteiger partial charge in [-0.3, -0.25) is 4.79 Å². The van der Waals surface area contributed by atoms with E-state index in [1.54, 1.807) is 11.0 Å². The Morgan fingerprint density at radius 1 is 1.13 bits per heavy atom. The SMILES string of the molecule is CN(C)C[C@H](CNC(=O)Nc1cccc(N2CCCCC2=O)c1)[C@@H](O)c1ccccc1. The number of carbonyl (C=O) groups is 2. The highest BCUT2D eigenvalue weighted by Gasteiger charge is 2.23. The van der Waals surface area contributed by atoms with Gasteiger partial charge in [-0.25, -0.2) is 4.79 Å². The van der Waals surface area contributed by atoms with Crippen LogP contribution < -0.4 is 15.5 Å². The van der Waals surface area contributed by atoms with Gasteiger partial charge < -0.3 is 25.5 Å². The number of urea groups is 1. The van der Waals surface area contributed by atoms with E-state index in [2.05, 4.69) is 10.6 Å². The van der Waals surface area contributed by atoms with Gasteiger partial charge in [0, 0.05) is 43.3 Å². The molecule has 2 aromatic rings. The standard InChI is InChI=1S/C24H32N4O3/c1-27(2)17-19(23(30)18-9-4-3-5-10-18)16-25-24(31)26-20-11-8-12-21(15-20)28-14-7-6-13-22(28)29/h3-5,8-12,15,19,23,30H,6-7,13-14,16-17H2,1-2H3,(H2,25,26,31)/t19-,23-/m0/s1.